The van der Waals surface area contributed by atoms with E-state index >= 15 is 0 Å². The van der Waals surface area contributed by atoms with Crippen molar-refractivity contribution in [3.8, 4) is 45.4 Å². The molecular formula is C61H62BN3O. The van der Waals surface area contributed by atoms with Gasteiger partial charge in [-0.05, 0) is 132 Å². The summed E-state index contributed by atoms with van der Waals surface area (Å²) >= 11 is 0. The van der Waals surface area contributed by atoms with Gasteiger partial charge in [-0.15, -0.1) is 0 Å². The van der Waals surface area contributed by atoms with Crippen molar-refractivity contribution in [1.29, 1.82) is 0 Å². The summed E-state index contributed by atoms with van der Waals surface area (Å²) in [5.74, 6) is 3.45. The number of aromatic nitrogens is 3. The Hall–Kier alpha value is -6.33. The van der Waals surface area contributed by atoms with Crippen molar-refractivity contribution in [3.63, 3.8) is 0 Å². The maximum atomic E-state index is 7.21. The quantitative estimate of drug-likeness (QED) is 0.161. The second-order valence-corrected chi connectivity index (χ2v) is 22.9. The third-order valence-electron chi connectivity index (χ3n) is 14.6. The normalized spacial score (nSPS) is 13.6. The average Bonchev–Trinajstić information content (AvgIpc) is 3.82. The van der Waals surface area contributed by atoms with Crippen LogP contribution in [0.1, 0.15) is 130 Å². The Morgan fingerprint density at radius 1 is 0.500 bits per heavy atom. The summed E-state index contributed by atoms with van der Waals surface area (Å²) in [4.78, 5) is 5.43. The molecule has 0 saturated carbocycles. The first-order chi connectivity index (χ1) is 31.3. The van der Waals surface area contributed by atoms with Gasteiger partial charge in [0.05, 0.1) is 22.2 Å². The van der Waals surface area contributed by atoms with Crippen LogP contribution < -0.4 is 21.1 Å². The standard InChI is InChI=1S/C61H62BN3O/c1-35(2)43-20-17-21-44(36(3)4)56(43)65-51-28-38(22-25-49(51)63-58(65)37-18-15-14-16-19-37)39-29-52-55-54(30-39)66-53-27-24-41(60(8,9)10)33-47(53)62(55)48-34-42(61(11,12)13)32-46-45-31-40(59(5,6)7)23-26-50(45)64(52)57(46)48/h14-36H,1-13H3. The SMILES string of the molecule is CC(C)c1cccc(C(C)C)c1-n1c(-c2ccccc2)nc2ccc(-c3cc4c5c(c3)-n3c6ccc(C(C)(C)C)cc6c6cc(C(C)(C)C)cc(c63)B5c3cc(C(C)(C)C)ccc3O4)cc21. The zero-order valence-electron chi connectivity index (χ0n) is 41.1. The fourth-order valence-electron chi connectivity index (χ4n) is 10.8. The van der Waals surface area contributed by atoms with E-state index in [2.05, 4.69) is 227 Å². The van der Waals surface area contributed by atoms with Gasteiger partial charge in [-0.3, -0.25) is 4.57 Å². The lowest BCUT2D eigenvalue weighted by molar-refractivity contribution is 0.486. The minimum Gasteiger partial charge on any atom is -0.458 e. The van der Waals surface area contributed by atoms with Gasteiger partial charge >= 0.3 is 0 Å². The summed E-state index contributed by atoms with van der Waals surface area (Å²) in [6.07, 6.45) is 0. The molecule has 66 heavy (non-hydrogen) atoms. The van der Waals surface area contributed by atoms with Crippen LogP contribution in [0.25, 0.3) is 66.7 Å². The van der Waals surface area contributed by atoms with Gasteiger partial charge in [0.15, 0.2) is 0 Å². The molecule has 330 valence electrons. The maximum Gasteiger partial charge on any atom is 0.256 e. The lowest BCUT2D eigenvalue weighted by Crippen LogP contribution is -2.58. The second kappa shape index (κ2) is 14.6. The van der Waals surface area contributed by atoms with Gasteiger partial charge in [0.25, 0.3) is 6.71 Å². The van der Waals surface area contributed by atoms with E-state index in [9.17, 15) is 0 Å². The van der Waals surface area contributed by atoms with E-state index in [0.717, 1.165) is 45.0 Å². The number of hydrogen-bond donors (Lipinski definition) is 0. The van der Waals surface area contributed by atoms with Crippen molar-refractivity contribution in [2.75, 3.05) is 0 Å². The summed E-state index contributed by atoms with van der Waals surface area (Å²) in [6, 6.07) is 48.3. The topological polar surface area (TPSA) is 32.0 Å². The highest BCUT2D eigenvalue weighted by Gasteiger charge is 2.42. The minimum absolute atomic E-state index is 0.00173. The Morgan fingerprint density at radius 2 is 1.14 bits per heavy atom. The van der Waals surface area contributed by atoms with Gasteiger partial charge in [0.1, 0.15) is 17.3 Å². The fraction of sp³-hybridized carbons (Fsp3) is 0.295. The molecule has 7 aromatic carbocycles. The highest BCUT2D eigenvalue weighted by Crippen LogP contribution is 2.44. The Labute approximate surface area is 391 Å². The molecule has 0 unspecified atom stereocenters. The van der Waals surface area contributed by atoms with Crippen LogP contribution in [0.5, 0.6) is 11.5 Å². The van der Waals surface area contributed by atoms with Gasteiger partial charge in [0.2, 0.25) is 0 Å². The molecule has 0 spiro atoms. The number of benzene rings is 7. The number of fused-ring (bicyclic) bond motifs is 8. The molecule has 0 bridgehead atoms. The Kier molecular flexibility index (Phi) is 9.35. The largest absolute Gasteiger partial charge is 0.458 e. The van der Waals surface area contributed by atoms with Gasteiger partial charge in [0, 0.05) is 27.5 Å². The van der Waals surface area contributed by atoms with Gasteiger partial charge in [-0.2, -0.15) is 0 Å². The second-order valence-electron chi connectivity index (χ2n) is 22.9. The molecule has 4 nitrogen and oxygen atoms in total. The maximum absolute atomic E-state index is 7.21. The van der Waals surface area contributed by atoms with Crippen LogP contribution >= 0.6 is 0 Å². The lowest BCUT2D eigenvalue weighted by atomic mass is 9.34. The molecule has 0 N–H and O–H groups in total. The smallest absolute Gasteiger partial charge is 0.256 e. The number of para-hydroxylation sites is 1. The van der Waals surface area contributed by atoms with E-state index in [4.69, 9.17) is 9.72 Å². The van der Waals surface area contributed by atoms with Gasteiger partial charge in [-0.25, -0.2) is 4.98 Å². The zero-order valence-corrected chi connectivity index (χ0v) is 41.1. The Balaban J connectivity index is 1.23. The molecule has 0 saturated heterocycles. The van der Waals surface area contributed by atoms with E-state index in [1.165, 1.54) is 77.4 Å². The van der Waals surface area contributed by atoms with E-state index < -0.39 is 0 Å². The highest BCUT2D eigenvalue weighted by atomic mass is 16.5. The summed E-state index contributed by atoms with van der Waals surface area (Å²) in [7, 11) is 0. The van der Waals surface area contributed by atoms with E-state index in [1.54, 1.807) is 0 Å². The minimum atomic E-state index is -0.0495. The predicted molar refractivity (Wildman–Crippen MR) is 282 cm³/mol. The van der Waals surface area contributed by atoms with E-state index in [0.29, 0.717) is 11.8 Å². The first-order valence-electron chi connectivity index (χ1n) is 24.1. The molecule has 2 aliphatic heterocycles. The molecule has 2 aromatic heterocycles. The van der Waals surface area contributed by atoms with Crippen molar-refractivity contribution in [2.45, 2.75) is 118 Å². The summed E-state index contributed by atoms with van der Waals surface area (Å²) in [5, 5.41) is 2.62. The van der Waals surface area contributed by atoms with Crippen LogP contribution in [0, 0.1) is 0 Å². The van der Waals surface area contributed by atoms with Crippen LogP contribution in [0.3, 0.4) is 0 Å². The monoisotopic (exact) mass is 863 g/mol. The van der Waals surface area contributed by atoms with Crippen LogP contribution in [0.4, 0.5) is 0 Å². The molecule has 2 aliphatic rings. The lowest BCUT2D eigenvalue weighted by Gasteiger charge is -2.35. The molecule has 11 rings (SSSR count). The predicted octanol–water partition coefficient (Wildman–Crippen LogP) is 14.5. The summed E-state index contributed by atoms with van der Waals surface area (Å²) < 4.78 is 12.2. The molecule has 4 heterocycles. The fourth-order valence-corrected chi connectivity index (χ4v) is 10.8. The molecule has 0 radical (unpaired) electrons. The number of ether oxygens (including phenoxy) is 1. The number of imidazole rings is 1. The molecule has 0 fully saturated rings. The van der Waals surface area contributed by atoms with E-state index in [-0.39, 0.29) is 23.0 Å². The molecule has 0 amide bonds. The Morgan fingerprint density at radius 3 is 1.80 bits per heavy atom. The molecule has 0 atom stereocenters. The van der Waals surface area contributed by atoms with Crippen LogP contribution in [0.15, 0.2) is 127 Å². The summed E-state index contributed by atoms with van der Waals surface area (Å²) in [6.45, 7) is 30.2. The van der Waals surface area contributed by atoms with Crippen molar-refractivity contribution in [3.05, 3.63) is 155 Å². The highest BCUT2D eigenvalue weighted by molar-refractivity contribution is 6.99. The molecule has 0 aliphatic carbocycles. The average molecular weight is 864 g/mol. The van der Waals surface area contributed by atoms with E-state index in [1.807, 2.05) is 0 Å². The van der Waals surface area contributed by atoms with Crippen molar-refractivity contribution < 1.29 is 4.74 Å². The third kappa shape index (κ3) is 6.51. The first kappa shape index (κ1) is 42.3. The molecular weight excluding hydrogens is 802 g/mol. The van der Waals surface area contributed by atoms with Crippen molar-refractivity contribution in [1.82, 2.24) is 14.1 Å². The van der Waals surface area contributed by atoms with Crippen LogP contribution in [-0.2, 0) is 16.2 Å². The third-order valence-corrected chi connectivity index (χ3v) is 14.6. The van der Waals surface area contributed by atoms with Crippen molar-refractivity contribution in [2.24, 2.45) is 0 Å². The van der Waals surface area contributed by atoms with Gasteiger partial charge < -0.3 is 9.30 Å². The summed E-state index contributed by atoms with van der Waals surface area (Å²) in [5.41, 5.74) is 20.8. The van der Waals surface area contributed by atoms with Crippen LogP contribution in [-0.4, -0.2) is 20.8 Å². The first-order valence-corrected chi connectivity index (χ1v) is 24.1. The zero-order chi connectivity index (χ0) is 46.4. The number of nitrogens with zero attached hydrogens (tertiary/aromatic N) is 3. The number of rotatable bonds is 5. The molecule has 9 aromatic rings. The Bertz CT molecular complexity index is 3430. The van der Waals surface area contributed by atoms with Gasteiger partial charge in [-0.1, -0.05) is 169 Å². The van der Waals surface area contributed by atoms with Crippen LogP contribution in [0.2, 0.25) is 0 Å². The number of hydrogen-bond acceptors (Lipinski definition) is 2. The van der Waals surface area contributed by atoms with Crippen molar-refractivity contribution >= 4 is 55.9 Å². The molecule has 5 heteroatoms.